The maximum Gasteiger partial charge on any atom is 0.360 e. The number of thiophene rings is 1. The van der Waals surface area contributed by atoms with Gasteiger partial charge in [-0.05, 0) is 6.07 Å². The van der Waals surface area contributed by atoms with Crippen molar-refractivity contribution in [3.05, 3.63) is 36.2 Å². The van der Waals surface area contributed by atoms with Crippen LogP contribution in [-0.4, -0.2) is 23.2 Å². The van der Waals surface area contributed by atoms with Gasteiger partial charge in [0.2, 0.25) is 0 Å². The van der Waals surface area contributed by atoms with Gasteiger partial charge in [0.25, 0.3) is 0 Å². The van der Waals surface area contributed by atoms with Crippen molar-refractivity contribution >= 4 is 37.5 Å². The van der Waals surface area contributed by atoms with Crippen molar-refractivity contribution in [2.45, 2.75) is 0 Å². The molecule has 90 valence electrons. The van der Waals surface area contributed by atoms with Crippen molar-refractivity contribution in [1.82, 2.24) is 4.98 Å². The van der Waals surface area contributed by atoms with Crippen molar-refractivity contribution in [2.24, 2.45) is 0 Å². The molecule has 4 nitrogen and oxygen atoms in total. The monoisotopic (exact) mass is 259 g/mol. The fourth-order valence-electron chi connectivity index (χ4n) is 1.91. The summed E-state index contributed by atoms with van der Waals surface area (Å²) >= 11 is 1.43. The minimum absolute atomic E-state index is 0.0449. The topological polar surface area (TPSA) is 59.4 Å². The molecule has 0 amide bonds. The Kier molecular flexibility index (Phi) is 2.41. The Bertz CT molecular complexity index is 763. The normalized spacial score (nSPS) is 10.9. The number of carbonyl (C=O) groups excluding carboxylic acids is 1. The second-order valence-electron chi connectivity index (χ2n) is 3.79. The second kappa shape index (κ2) is 3.96. The molecule has 0 saturated heterocycles. The molecule has 1 N–H and O–H groups in total. The molecular formula is C13H9NO3S. The van der Waals surface area contributed by atoms with Crippen LogP contribution in [0.3, 0.4) is 0 Å². The van der Waals surface area contributed by atoms with Gasteiger partial charge in [0.15, 0.2) is 11.4 Å². The van der Waals surface area contributed by atoms with Crippen LogP contribution in [0.4, 0.5) is 0 Å². The molecule has 3 rings (SSSR count). The van der Waals surface area contributed by atoms with Crippen LogP contribution in [0, 0.1) is 0 Å². The number of hydrogen-bond acceptors (Lipinski definition) is 5. The highest BCUT2D eigenvalue weighted by Gasteiger charge is 2.18. The zero-order chi connectivity index (χ0) is 12.7. The molecule has 0 atom stereocenters. The predicted octanol–water partition coefficient (Wildman–Crippen LogP) is 2.94. The lowest BCUT2D eigenvalue weighted by molar-refractivity contribution is 0.0591. The average molecular weight is 259 g/mol. The van der Waals surface area contributed by atoms with E-state index < -0.39 is 5.97 Å². The predicted molar refractivity (Wildman–Crippen MR) is 70.1 cm³/mol. The van der Waals surface area contributed by atoms with Gasteiger partial charge in [0.05, 0.1) is 11.8 Å². The molecule has 0 unspecified atom stereocenters. The van der Waals surface area contributed by atoms with Crippen molar-refractivity contribution in [3.8, 4) is 5.75 Å². The highest BCUT2D eigenvalue weighted by atomic mass is 32.1. The summed E-state index contributed by atoms with van der Waals surface area (Å²) in [6, 6.07) is 7.80. The van der Waals surface area contributed by atoms with E-state index in [-0.39, 0.29) is 11.4 Å². The number of carbonyl (C=O) groups is 1. The van der Waals surface area contributed by atoms with Crippen molar-refractivity contribution in [2.75, 3.05) is 7.11 Å². The SMILES string of the molecule is COC(=O)c1ncc2c(sc3ccccc32)c1O. The van der Waals surface area contributed by atoms with Crippen molar-refractivity contribution in [1.29, 1.82) is 0 Å². The molecular weight excluding hydrogens is 250 g/mol. The Morgan fingerprint density at radius 2 is 2.11 bits per heavy atom. The molecule has 3 aromatic rings. The first-order valence-corrected chi connectivity index (χ1v) is 6.11. The fraction of sp³-hybridized carbons (Fsp3) is 0.0769. The van der Waals surface area contributed by atoms with Crippen LogP contribution in [0.1, 0.15) is 10.5 Å². The summed E-state index contributed by atoms with van der Waals surface area (Å²) in [5.41, 5.74) is -0.0449. The smallest absolute Gasteiger partial charge is 0.360 e. The second-order valence-corrected chi connectivity index (χ2v) is 4.84. The number of hydrogen-bond donors (Lipinski definition) is 1. The van der Waals surface area contributed by atoms with Crippen molar-refractivity contribution in [3.63, 3.8) is 0 Å². The Balaban J connectivity index is 2.39. The number of aromatic hydroxyl groups is 1. The molecule has 0 radical (unpaired) electrons. The maximum atomic E-state index is 11.5. The average Bonchev–Trinajstić information content (AvgIpc) is 2.78. The van der Waals surface area contributed by atoms with Gasteiger partial charge in [-0.2, -0.15) is 0 Å². The van der Waals surface area contributed by atoms with Gasteiger partial charge in [0, 0.05) is 21.7 Å². The van der Waals surface area contributed by atoms with Crippen LogP contribution < -0.4 is 0 Å². The van der Waals surface area contributed by atoms with E-state index in [4.69, 9.17) is 0 Å². The Morgan fingerprint density at radius 1 is 1.33 bits per heavy atom. The van der Waals surface area contributed by atoms with Gasteiger partial charge in [-0.3, -0.25) is 0 Å². The lowest BCUT2D eigenvalue weighted by Gasteiger charge is -2.01. The van der Waals surface area contributed by atoms with Crippen LogP contribution in [0.25, 0.3) is 20.2 Å². The van der Waals surface area contributed by atoms with Gasteiger partial charge in [0.1, 0.15) is 0 Å². The molecule has 2 aromatic heterocycles. The van der Waals surface area contributed by atoms with E-state index in [2.05, 4.69) is 9.72 Å². The minimum atomic E-state index is -0.633. The Morgan fingerprint density at radius 3 is 2.89 bits per heavy atom. The van der Waals surface area contributed by atoms with E-state index in [9.17, 15) is 9.90 Å². The summed E-state index contributed by atoms with van der Waals surface area (Å²) in [6.07, 6.45) is 1.60. The van der Waals surface area contributed by atoms with E-state index in [1.165, 1.54) is 18.4 Å². The van der Waals surface area contributed by atoms with Crippen molar-refractivity contribution < 1.29 is 14.6 Å². The third-order valence-corrected chi connectivity index (χ3v) is 3.97. The molecule has 0 aliphatic heterocycles. The first kappa shape index (κ1) is 11.0. The minimum Gasteiger partial charge on any atom is -0.504 e. The summed E-state index contributed by atoms with van der Waals surface area (Å²) in [5.74, 6) is -0.743. The largest absolute Gasteiger partial charge is 0.504 e. The first-order chi connectivity index (χ1) is 8.72. The van der Waals surface area contributed by atoms with E-state index in [0.717, 1.165) is 15.5 Å². The van der Waals surface area contributed by atoms with Crippen LogP contribution >= 0.6 is 11.3 Å². The molecule has 18 heavy (non-hydrogen) atoms. The summed E-state index contributed by atoms with van der Waals surface area (Å²) < 4.78 is 6.29. The van der Waals surface area contributed by atoms with Crippen LogP contribution in [0.2, 0.25) is 0 Å². The quantitative estimate of drug-likeness (QED) is 0.682. The van der Waals surface area contributed by atoms with Crippen LogP contribution in [0.15, 0.2) is 30.5 Å². The lowest BCUT2D eigenvalue weighted by atomic mass is 10.2. The fourth-order valence-corrected chi connectivity index (χ4v) is 3.03. The number of benzene rings is 1. The lowest BCUT2D eigenvalue weighted by Crippen LogP contribution is -2.04. The van der Waals surface area contributed by atoms with Gasteiger partial charge in [-0.15, -0.1) is 11.3 Å². The van der Waals surface area contributed by atoms with Gasteiger partial charge in [-0.1, -0.05) is 18.2 Å². The standard InChI is InChI=1S/C13H9NO3S/c1-17-13(16)10-11(15)12-8(6-14-10)7-4-2-3-5-9(7)18-12/h2-6,15H,1H3. The molecule has 5 heteroatoms. The van der Waals surface area contributed by atoms with E-state index >= 15 is 0 Å². The first-order valence-electron chi connectivity index (χ1n) is 5.30. The molecule has 0 bridgehead atoms. The highest BCUT2D eigenvalue weighted by Crippen LogP contribution is 2.39. The summed E-state index contributed by atoms with van der Waals surface area (Å²) in [7, 11) is 1.26. The van der Waals surface area contributed by atoms with Gasteiger partial charge in [-0.25, -0.2) is 9.78 Å². The third kappa shape index (κ3) is 1.44. The number of rotatable bonds is 1. The molecule has 0 fully saturated rings. The number of fused-ring (bicyclic) bond motifs is 3. The van der Waals surface area contributed by atoms with Crippen LogP contribution in [-0.2, 0) is 4.74 Å². The highest BCUT2D eigenvalue weighted by molar-refractivity contribution is 7.26. The van der Waals surface area contributed by atoms with Gasteiger partial charge >= 0.3 is 5.97 Å². The molecule has 0 aliphatic carbocycles. The molecule has 0 aliphatic rings. The summed E-state index contributed by atoms with van der Waals surface area (Å²) in [5, 5.41) is 12.0. The number of esters is 1. The molecule has 0 spiro atoms. The third-order valence-electron chi connectivity index (χ3n) is 2.77. The van der Waals surface area contributed by atoms with Crippen LogP contribution in [0.5, 0.6) is 5.75 Å². The Labute approximate surface area is 106 Å². The summed E-state index contributed by atoms with van der Waals surface area (Å²) in [4.78, 5) is 15.4. The van der Waals surface area contributed by atoms with Gasteiger partial charge < -0.3 is 9.84 Å². The number of methoxy groups -OCH3 is 1. The zero-order valence-electron chi connectivity index (χ0n) is 9.51. The molecule has 0 saturated carbocycles. The zero-order valence-corrected chi connectivity index (χ0v) is 10.3. The Hall–Kier alpha value is -2.14. The number of nitrogens with zero attached hydrogens (tertiary/aromatic N) is 1. The van der Waals surface area contributed by atoms with E-state index in [0.29, 0.717) is 4.70 Å². The molecule has 1 aromatic carbocycles. The number of ether oxygens (including phenoxy) is 1. The summed E-state index contributed by atoms with van der Waals surface area (Å²) in [6.45, 7) is 0. The number of aromatic nitrogens is 1. The molecule has 2 heterocycles. The van der Waals surface area contributed by atoms with E-state index in [1.54, 1.807) is 6.20 Å². The maximum absolute atomic E-state index is 11.5. The van der Waals surface area contributed by atoms with E-state index in [1.807, 2.05) is 24.3 Å². The number of pyridine rings is 1.